The number of aromatic nitrogens is 1. The van der Waals surface area contributed by atoms with Crippen LogP contribution in [0.1, 0.15) is 28.3 Å². The van der Waals surface area contributed by atoms with Gasteiger partial charge in [0.15, 0.2) is 12.0 Å². The highest BCUT2D eigenvalue weighted by atomic mass is 35.5. The Morgan fingerprint density at radius 3 is 2.43 bits per heavy atom. The third-order valence-corrected chi connectivity index (χ3v) is 5.50. The van der Waals surface area contributed by atoms with E-state index in [1.165, 1.54) is 55.8 Å². The molecule has 196 valence electrons. The zero-order valence-electron chi connectivity index (χ0n) is 19.4. The number of aromatic amines is 1. The van der Waals surface area contributed by atoms with Crippen LogP contribution in [0, 0.1) is 0 Å². The third-order valence-electron chi connectivity index (χ3n) is 5.27. The van der Waals surface area contributed by atoms with Crippen molar-refractivity contribution in [3.8, 4) is 17.0 Å². The second-order valence-corrected chi connectivity index (χ2v) is 8.35. The minimum atomic E-state index is -4.57. The number of methoxy groups -OCH3 is 1. The number of halogens is 4. The van der Waals surface area contributed by atoms with Gasteiger partial charge in [0.1, 0.15) is 5.75 Å². The van der Waals surface area contributed by atoms with Crippen LogP contribution in [-0.4, -0.2) is 48.5 Å². The average molecular weight is 539 g/mol. The molecule has 1 heterocycles. The van der Waals surface area contributed by atoms with Crippen LogP contribution in [0.4, 0.5) is 18.9 Å². The standard InChI is InChI=1S/C25H22ClF3N2O6/c1-36-9-8-17(23(33)31-16-5-2-14(3-6-16)24(34)35)19-12-30-20(11-21(19)32)18-10-15(26)4-7-22(18)37-13-25(27,28)29/h2-7,10-12,17H,8-9,13H2,1H3,(H,30,32)(H,31,33)(H,34,35). The molecule has 0 radical (unpaired) electrons. The molecule has 0 aliphatic carbocycles. The summed E-state index contributed by atoms with van der Waals surface area (Å²) in [4.78, 5) is 40.0. The molecule has 3 aromatic rings. The van der Waals surface area contributed by atoms with Gasteiger partial charge in [0, 0.05) is 47.8 Å². The summed E-state index contributed by atoms with van der Waals surface area (Å²) >= 11 is 6.01. The van der Waals surface area contributed by atoms with Crippen molar-refractivity contribution in [2.24, 2.45) is 0 Å². The highest BCUT2D eigenvalue weighted by molar-refractivity contribution is 6.31. The van der Waals surface area contributed by atoms with Crippen molar-refractivity contribution in [2.75, 3.05) is 25.6 Å². The van der Waals surface area contributed by atoms with Crippen molar-refractivity contribution in [2.45, 2.75) is 18.5 Å². The fourth-order valence-corrected chi connectivity index (χ4v) is 3.67. The first-order valence-corrected chi connectivity index (χ1v) is 11.2. The van der Waals surface area contributed by atoms with Crippen LogP contribution in [0.2, 0.25) is 5.02 Å². The number of anilines is 1. The van der Waals surface area contributed by atoms with E-state index in [1.807, 2.05) is 0 Å². The van der Waals surface area contributed by atoms with Gasteiger partial charge in [0.25, 0.3) is 0 Å². The summed E-state index contributed by atoms with van der Waals surface area (Å²) in [5.41, 5.74) is 0.199. The Hall–Kier alpha value is -3.83. The van der Waals surface area contributed by atoms with Gasteiger partial charge in [-0.1, -0.05) is 11.6 Å². The quantitative estimate of drug-likeness (QED) is 0.331. The second-order valence-electron chi connectivity index (χ2n) is 7.92. The van der Waals surface area contributed by atoms with Gasteiger partial charge in [-0.05, 0) is 48.9 Å². The molecule has 12 heteroatoms. The number of carbonyl (C=O) groups is 2. The first-order valence-electron chi connectivity index (χ1n) is 10.8. The predicted molar refractivity (Wildman–Crippen MR) is 130 cm³/mol. The predicted octanol–water partition coefficient (Wildman–Crippen LogP) is 5.09. The van der Waals surface area contributed by atoms with Crippen LogP contribution in [-0.2, 0) is 9.53 Å². The topological polar surface area (TPSA) is 118 Å². The normalized spacial score (nSPS) is 12.1. The molecule has 3 rings (SSSR count). The van der Waals surface area contributed by atoms with E-state index in [1.54, 1.807) is 0 Å². The Labute approximate surface area is 214 Å². The second kappa shape index (κ2) is 11.9. The summed E-state index contributed by atoms with van der Waals surface area (Å²) in [6, 6.07) is 10.6. The molecule has 1 aromatic heterocycles. The molecule has 0 fully saturated rings. The maximum absolute atomic E-state index is 13.0. The van der Waals surface area contributed by atoms with Crippen molar-refractivity contribution < 1.29 is 37.3 Å². The van der Waals surface area contributed by atoms with E-state index in [4.69, 9.17) is 26.2 Å². The molecule has 37 heavy (non-hydrogen) atoms. The zero-order chi connectivity index (χ0) is 27.2. The van der Waals surface area contributed by atoms with Crippen LogP contribution in [0.15, 0.2) is 59.5 Å². The largest absolute Gasteiger partial charge is 0.483 e. The molecular formula is C25H22ClF3N2O6. The number of carboxylic acid groups (broad SMARTS) is 1. The summed E-state index contributed by atoms with van der Waals surface area (Å²) in [7, 11) is 1.44. The van der Waals surface area contributed by atoms with Crippen molar-refractivity contribution in [1.29, 1.82) is 0 Å². The number of H-pyrrole nitrogens is 1. The molecule has 0 spiro atoms. The Balaban J connectivity index is 1.90. The maximum Gasteiger partial charge on any atom is 0.422 e. The van der Waals surface area contributed by atoms with E-state index >= 15 is 0 Å². The van der Waals surface area contributed by atoms with Crippen LogP contribution in [0.5, 0.6) is 5.75 Å². The van der Waals surface area contributed by atoms with E-state index in [2.05, 4.69) is 10.3 Å². The van der Waals surface area contributed by atoms with E-state index in [0.717, 1.165) is 6.07 Å². The molecule has 0 aliphatic rings. The van der Waals surface area contributed by atoms with Crippen LogP contribution in [0.25, 0.3) is 11.3 Å². The van der Waals surface area contributed by atoms with Crippen molar-refractivity contribution in [1.82, 2.24) is 4.98 Å². The lowest BCUT2D eigenvalue weighted by Gasteiger charge is -2.18. The summed E-state index contributed by atoms with van der Waals surface area (Å²) in [5.74, 6) is -2.73. The molecule has 1 unspecified atom stereocenters. The van der Waals surface area contributed by atoms with Crippen molar-refractivity contribution in [3.63, 3.8) is 0 Å². The Morgan fingerprint density at radius 2 is 1.84 bits per heavy atom. The van der Waals surface area contributed by atoms with Gasteiger partial charge in [-0.25, -0.2) is 4.79 Å². The number of hydrogen-bond acceptors (Lipinski definition) is 5. The first-order chi connectivity index (χ1) is 17.5. The number of carboxylic acids is 1. The number of carbonyl (C=O) groups excluding carboxylic acids is 1. The van der Waals surface area contributed by atoms with Crippen molar-refractivity contribution in [3.05, 3.63) is 81.1 Å². The van der Waals surface area contributed by atoms with Gasteiger partial charge >= 0.3 is 12.1 Å². The molecule has 0 saturated carbocycles. The fourth-order valence-electron chi connectivity index (χ4n) is 3.50. The summed E-state index contributed by atoms with van der Waals surface area (Å²) in [6.45, 7) is -1.38. The lowest BCUT2D eigenvalue weighted by molar-refractivity contribution is -0.153. The highest BCUT2D eigenvalue weighted by Crippen LogP contribution is 2.33. The van der Waals surface area contributed by atoms with Crippen LogP contribution >= 0.6 is 11.6 Å². The van der Waals surface area contributed by atoms with Gasteiger partial charge in [-0.3, -0.25) is 9.59 Å². The number of benzene rings is 2. The Kier molecular flexibility index (Phi) is 8.95. The highest BCUT2D eigenvalue weighted by Gasteiger charge is 2.29. The number of pyridine rings is 1. The summed E-state index contributed by atoms with van der Waals surface area (Å²) in [6.07, 6.45) is -3.11. The smallest absolute Gasteiger partial charge is 0.422 e. The Bertz CT molecular complexity index is 1330. The van der Waals surface area contributed by atoms with Gasteiger partial charge in [-0.2, -0.15) is 13.2 Å². The average Bonchev–Trinajstić information content (AvgIpc) is 2.84. The SMILES string of the molecule is COCCC(C(=O)Nc1ccc(C(=O)O)cc1)c1c[nH]c(-c2cc(Cl)ccc2OCC(F)(F)F)cc1=O. The molecule has 1 amide bonds. The molecule has 8 nitrogen and oxygen atoms in total. The monoisotopic (exact) mass is 538 g/mol. The molecular weight excluding hydrogens is 517 g/mol. The van der Waals surface area contributed by atoms with E-state index < -0.39 is 36.0 Å². The third kappa shape index (κ3) is 7.58. The van der Waals surface area contributed by atoms with E-state index in [9.17, 15) is 27.6 Å². The number of nitrogens with one attached hydrogen (secondary N) is 2. The molecule has 2 aromatic carbocycles. The van der Waals surface area contributed by atoms with Gasteiger partial charge in [0.05, 0.1) is 17.2 Å². The molecule has 3 N–H and O–H groups in total. The lowest BCUT2D eigenvalue weighted by atomic mass is 9.95. The van der Waals surface area contributed by atoms with Gasteiger partial charge < -0.3 is 24.9 Å². The molecule has 0 saturated heterocycles. The number of amides is 1. The lowest BCUT2D eigenvalue weighted by Crippen LogP contribution is -2.27. The molecule has 1 atom stereocenters. The van der Waals surface area contributed by atoms with Gasteiger partial charge in [-0.15, -0.1) is 0 Å². The summed E-state index contributed by atoms with van der Waals surface area (Å²) < 4.78 is 48.0. The number of rotatable bonds is 10. The van der Waals surface area contributed by atoms with E-state index in [0.29, 0.717) is 5.69 Å². The minimum absolute atomic E-state index is 0.0422. The number of ether oxygens (including phenoxy) is 2. The van der Waals surface area contributed by atoms with Crippen LogP contribution in [0.3, 0.4) is 0 Å². The summed E-state index contributed by atoms with van der Waals surface area (Å²) in [5, 5.41) is 11.9. The van der Waals surface area contributed by atoms with E-state index in [-0.39, 0.29) is 46.2 Å². The maximum atomic E-state index is 13.0. The fraction of sp³-hybridized carbons (Fsp3) is 0.240. The number of alkyl halides is 3. The number of hydrogen-bond donors (Lipinski definition) is 3. The molecule has 0 aliphatic heterocycles. The van der Waals surface area contributed by atoms with Crippen molar-refractivity contribution >= 4 is 29.2 Å². The minimum Gasteiger partial charge on any atom is -0.483 e. The molecule has 0 bridgehead atoms. The Morgan fingerprint density at radius 1 is 1.14 bits per heavy atom. The first kappa shape index (κ1) is 27.8. The van der Waals surface area contributed by atoms with Crippen LogP contribution < -0.4 is 15.5 Å². The zero-order valence-corrected chi connectivity index (χ0v) is 20.2. The number of aromatic carboxylic acids is 1. The van der Waals surface area contributed by atoms with Gasteiger partial charge in [0.2, 0.25) is 5.91 Å².